The number of anilines is 1. The van der Waals surface area contributed by atoms with E-state index in [2.05, 4.69) is 91.7 Å². The highest BCUT2D eigenvalue weighted by molar-refractivity contribution is 14.1. The highest BCUT2D eigenvalue weighted by atomic mass is 127. The number of amides is 1. The van der Waals surface area contributed by atoms with E-state index in [0.29, 0.717) is 16.6 Å². The summed E-state index contributed by atoms with van der Waals surface area (Å²) in [6.45, 7) is 4.32. The zero-order valence-electron chi connectivity index (χ0n) is 13.7. The first-order valence-corrected chi connectivity index (χ1v) is 11.0. The van der Waals surface area contributed by atoms with Crippen molar-refractivity contribution in [2.75, 3.05) is 5.32 Å². The molecule has 0 radical (unpaired) electrons. The van der Waals surface area contributed by atoms with Gasteiger partial charge in [0.15, 0.2) is 5.11 Å². The smallest absolute Gasteiger partial charge is 0.258 e. The number of hydrogen-bond acceptors (Lipinski definition) is 2. The Hall–Kier alpha value is -0.260. The normalized spacial score (nSPS) is 11.7. The highest BCUT2D eigenvalue weighted by Gasteiger charge is 2.16. The summed E-state index contributed by atoms with van der Waals surface area (Å²) in [6.07, 6.45) is 1.03. The molecule has 2 N–H and O–H groups in total. The van der Waals surface area contributed by atoms with Gasteiger partial charge in [0.25, 0.3) is 5.91 Å². The number of halogens is 3. The Morgan fingerprint density at radius 3 is 2.64 bits per heavy atom. The van der Waals surface area contributed by atoms with Crippen LogP contribution in [-0.2, 0) is 0 Å². The molecule has 0 aromatic heterocycles. The van der Waals surface area contributed by atoms with Crippen LogP contribution in [-0.4, -0.2) is 11.0 Å². The number of rotatable bonds is 4. The topological polar surface area (TPSA) is 41.1 Å². The fourth-order valence-corrected chi connectivity index (χ4v) is 4.76. The zero-order valence-corrected chi connectivity index (χ0v) is 20.4. The number of carbonyl (C=O) groups is 1. The standard InChI is InChI=1S/C18H17BrI2N2OS/c1-3-10(2)12-6-4-5-7-15(12)22-18(25)23-17(24)13-8-11(20)9-14(21)16(13)19/h4-10H,3H2,1-2H3,(H2,22,23,24,25)/t10-/m0/s1. The zero-order chi connectivity index (χ0) is 18.6. The third-order valence-corrected chi connectivity index (χ3v) is 7.09. The fourth-order valence-electron chi connectivity index (χ4n) is 2.31. The quantitative estimate of drug-likeness (QED) is 0.234. The minimum absolute atomic E-state index is 0.234. The van der Waals surface area contributed by atoms with Crippen molar-refractivity contribution in [3.63, 3.8) is 0 Å². The SMILES string of the molecule is CC[C@H](C)c1ccccc1NC(=S)NC(=O)c1cc(I)cc(I)c1Br. The number of thiocarbonyl (C=S) groups is 1. The molecule has 2 aromatic rings. The summed E-state index contributed by atoms with van der Waals surface area (Å²) in [5.41, 5.74) is 2.68. The molecule has 0 aliphatic heterocycles. The molecular weight excluding hydrogens is 626 g/mol. The average molecular weight is 643 g/mol. The molecule has 0 saturated heterocycles. The summed E-state index contributed by atoms with van der Waals surface area (Å²) in [6, 6.07) is 11.9. The van der Waals surface area contributed by atoms with E-state index in [1.54, 1.807) is 0 Å². The lowest BCUT2D eigenvalue weighted by molar-refractivity contribution is 0.0977. The van der Waals surface area contributed by atoms with Crippen LogP contribution in [0.4, 0.5) is 5.69 Å². The summed E-state index contributed by atoms with van der Waals surface area (Å²) in [5, 5.41) is 6.22. The number of nitrogens with one attached hydrogen (secondary N) is 2. The first-order chi connectivity index (χ1) is 11.8. The van der Waals surface area contributed by atoms with Crippen molar-refractivity contribution in [1.29, 1.82) is 0 Å². The molecule has 25 heavy (non-hydrogen) atoms. The molecule has 0 aliphatic rings. The summed E-state index contributed by atoms with van der Waals surface area (Å²) in [4.78, 5) is 12.6. The second kappa shape index (κ2) is 9.61. The van der Waals surface area contributed by atoms with Gasteiger partial charge in [0, 0.05) is 17.3 Å². The Labute approximate surface area is 189 Å². The molecule has 2 rings (SSSR count). The minimum Gasteiger partial charge on any atom is -0.332 e. The Balaban J connectivity index is 2.15. The van der Waals surface area contributed by atoms with E-state index in [4.69, 9.17) is 12.2 Å². The molecule has 0 spiro atoms. The van der Waals surface area contributed by atoms with Gasteiger partial charge in [-0.3, -0.25) is 10.1 Å². The molecule has 0 saturated carbocycles. The fraction of sp³-hybridized carbons (Fsp3) is 0.222. The first kappa shape index (κ1) is 21.0. The van der Waals surface area contributed by atoms with E-state index >= 15 is 0 Å². The summed E-state index contributed by atoms with van der Waals surface area (Å²) >= 11 is 13.2. The Kier molecular flexibility index (Phi) is 8.09. The maximum atomic E-state index is 12.6. The van der Waals surface area contributed by atoms with Crippen LogP contribution in [0, 0.1) is 7.14 Å². The molecule has 0 fully saturated rings. The van der Waals surface area contributed by atoms with E-state index in [9.17, 15) is 4.79 Å². The molecule has 2 aromatic carbocycles. The monoisotopic (exact) mass is 642 g/mol. The number of para-hydroxylation sites is 1. The van der Waals surface area contributed by atoms with Crippen LogP contribution >= 0.6 is 73.3 Å². The second-order valence-electron chi connectivity index (χ2n) is 5.55. The Morgan fingerprint density at radius 1 is 1.28 bits per heavy atom. The van der Waals surface area contributed by atoms with Gasteiger partial charge in [-0.05, 0) is 109 Å². The van der Waals surface area contributed by atoms with Gasteiger partial charge in [0.05, 0.1) is 5.56 Å². The summed E-state index contributed by atoms with van der Waals surface area (Å²) in [5.74, 6) is 0.176. The van der Waals surface area contributed by atoms with E-state index in [1.807, 2.05) is 30.3 Å². The molecular formula is C18H17BrI2N2OS. The van der Waals surface area contributed by atoms with Crippen LogP contribution in [0.1, 0.15) is 42.1 Å². The maximum absolute atomic E-state index is 12.6. The Morgan fingerprint density at radius 2 is 1.96 bits per heavy atom. The summed E-state index contributed by atoms with van der Waals surface area (Å²) < 4.78 is 2.75. The van der Waals surface area contributed by atoms with Crippen molar-refractivity contribution in [3.05, 3.63) is 59.1 Å². The van der Waals surface area contributed by atoms with Gasteiger partial charge < -0.3 is 5.32 Å². The van der Waals surface area contributed by atoms with Crippen molar-refractivity contribution in [2.45, 2.75) is 26.2 Å². The number of hydrogen-bond donors (Lipinski definition) is 2. The van der Waals surface area contributed by atoms with Crippen LogP contribution in [0.25, 0.3) is 0 Å². The molecule has 132 valence electrons. The van der Waals surface area contributed by atoms with Gasteiger partial charge in [-0.1, -0.05) is 32.0 Å². The maximum Gasteiger partial charge on any atom is 0.258 e. The van der Waals surface area contributed by atoms with Gasteiger partial charge in [-0.15, -0.1) is 0 Å². The van der Waals surface area contributed by atoms with E-state index < -0.39 is 0 Å². The van der Waals surface area contributed by atoms with Crippen LogP contribution < -0.4 is 10.6 Å². The summed E-state index contributed by atoms with van der Waals surface area (Å²) in [7, 11) is 0. The minimum atomic E-state index is -0.234. The van der Waals surface area contributed by atoms with E-state index in [0.717, 1.165) is 23.7 Å². The molecule has 7 heteroatoms. The molecule has 0 heterocycles. The van der Waals surface area contributed by atoms with Gasteiger partial charge >= 0.3 is 0 Å². The van der Waals surface area contributed by atoms with Gasteiger partial charge in [-0.25, -0.2) is 0 Å². The van der Waals surface area contributed by atoms with Gasteiger partial charge in [-0.2, -0.15) is 0 Å². The van der Waals surface area contributed by atoms with Crippen molar-refractivity contribution in [2.24, 2.45) is 0 Å². The molecule has 0 bridgehead atoms. The van der Waals surface area contributed by atoms with Crippen molar-refractivity contribution >= 4 is 90.0 Å². The van der Waals surface area contributed by atoms with Crippen LogP contribution in [0.5, 0.6) is 0 Å². The number of carbonyl (C=O) groups excluding carboxylic acids is 1. The molecule has 0 aliphatic carbocycles. The van der Waals surface area contributed by atoms with E-state index in [1.165, 1.54) is 5.56 Å². The van der Waals surface area contributed by atoms with Crippen molar-refractivity contribution < 1.29 is 4.79 Å². The van der Waals surface area contributed by atoms with Gasteiger partial charge in [0.2, 0.25) is 0 Å². The predicted octanol–water partition coefficient (Wildman–Crippen LogP) is 6.30. The second-order valence-corrected chi connectivity index (χ2v) is 9.16. The lowest BCUT2D eigenvalue weighted by Crippen LogP contribution is -2.34. The lowest BCUT2D eigenvalue weighted by Gasteiger charge is -2.17. The largest absolute Gasteiger partial charge is 0.332 e. The Bertz CT molecular complexity index is 814. The van der Waals surface area contributed by atoms with Crippen LogP contribution in [0.15, 0.2) is 40.9 Å². The first-order valence-electron chi connectivity index (χ1n) is 7.69. The molecule has 0 unspecified atom stereocenters. The van der Waals surface area contributed by atoms with Crippen molar-refractivity contribution in [1.82, 2.24) is 5.32 Å². The average Bonchev–Trinajstić information content (AvgIpc) is 2.57. The highest BCUT2D eigenvalue weighted by Crippen LogP contribution is 2.27. The van der Waals surface area contributed by atoms with Gasteiger partial charge in [0.1, 0.15) is 0 Å². The van der Waals surface area contributed by atoms with Crippen LogP contribution in [0.3, 0.4) is 0 Å². The molecule has 3 nitrogen and oxygen atoms in total. The van der Waals surface area contributed by atoms with Crippen molar-refractivity contribution in [3.8, 4) is 0 Å². The van der Waals surface area contributed by atoms with Crippen LogP contribution in [0.2, 0.25) is 0 Å². The van der Waals surface area contributed by atoms with E-state index in [-0.39, 0.29) is 5.91 Å². The predicted molar refractivity (Wildman–Crippen MR) is 128 cm³/mol. The lowest BCUT2D eigenvalue weighted by atomic mass is 9.97. The third-order valence-electron chi connectivity index (χ3n) is 3.82. The molecule has 1 atom stereocenters. The molecule has 1 amide bonds. The number of benzene rings is 2. The third kappa shape index (κ3) is 5.61.